The van der Waals surface area contributed by atoms with Gasteiger partial charge in [-0.3, -0.25) is 4.79 Å². The van der Waals surface area contributed by atoms with Crippen LogP contribution in [0.25, 0.3) is 0 Å². The second-order valence-corrected chi connectivity index (χ2v) is 9.12. The van der Waals surface area contributed by atoms with Gasteiger partial charge in [-0.25, -0.2) is 13.1 Å². The molecule has 1 fully saturated rings. The molecule has 1 atom stereocenters. The Morgan fingerprint density at radius 1 is 1.17 bits per heavy atom. The second-order valence-electron chi connectivity index (χ2n) is 6.98. The molecule has 29 heavy (non-hydrogen) atoms. The molecule has 1 aliphatic heterocycles. The van der Waals surface area contributed by atoms with E-state index in [9.17, 15) is 13.2 Å². The summed E-state index contributed by atoms with van der Waals surface area (Å²) in [7, 11) is -3.84. The molecule has 2 N–H and O–H groups in total. The molecule has 3 rings (SSSR count). The lowest BCUT2D eigenvalue weighted by Crippen LogP contribution is -2.32. The van der Waals surface area contributed by atoms with Gasteiger partial charge in [0.05, 0.1) is 11.1 Å². The molecular weight excluding hydrogens is 412 g/mol. The smallest absolute Gasteiger partial charge is 0.251 e. The molecule has 0 saturated carbocycles. The summed E-state index contributed by atoms with van der Waals surface area (Å²) in [5.41, 5.74) is 1.46. The first-order valence-electron chi connectivity index (χ1n) is 9.68. The Hall–Kier alpha value is -1.93. The molecule has 1 amide bonds. The highest BCUT2D eigenvalue weighted by Gasteiger charge is 2.23. The molecule has 1 heterocycles. The molecule has 0 aromatic heterocycles. The van der Waals surface area contributed by atoms with Crippen molar-refractivity contribution in [2.24, 2.45) is 0 Å². The van der Waals surface area contributed by atoms with E-state index in [-0.39, 0.29) is 34.0 Å². The van der Waals surface area contributed by atoms with Gasteiger partial charge in [-0.05, 0) is 49.4 Å². The summed E-state index contributed by atoms with van der Waals surface area (Å²) in [6.07, 6.45) is 3.26. The van der Waals surface area contributed by atoms with E-state index in [0.29, 0.717) is 13.2 Å². The molecule has 6 nitrogen and oxygen atoms in total. The largest absolute Gasteiger partial charge is 0.377 e. The first-order chi connectivity index (χ1) is 14.0. The lowest BCUT2D eigenvalue weighted by molar-refractivity contribution is 0.0953. The highest BCUT2D eigenvalue weighted by atomic mass is 35.5. The van der Waals surface area contributed by atoms with Gasteiger partial charge in [-0.15, -0.1) is 0 Å². The molecule has 2 aromatic carbocycles. The minimum Gasteiger partial charge on any atom is -0.377 e. The predicted octanol–water partition coefficient (Wildman–Crippen LogP) is 3.16. The van der Waals surface area contributed by atoms with Gasteiger partial charge in [-0.2, -0.15) is 0 Å². The van der Waals surface area contributed by atoms with Gasteiger partial charge in [0, 0.05) is 25.3 Å². The van der Waals surface area contributed by atoms with Crippen LogP contribution < -0.4 is 10.0 Å². The van der Waals surface area contributed by atoms with Crippen molar-refractivity contribution in [3.8, 4) is 0 Å². The zero-order chi connectivity index (χ0) is 20.7. The number of sulfonamides is 1. The van der Waals surface area contributed by atoms with Crippen LogP contribution in [-0.4, -0.2) is 40.1 Å². The fourth-order valence-corrected chi connectivity index (χ4v) is 4.77. The van der Waals surface area contributed by atoms with Crippen LogP contribution in [0.1, 0.15) is 35.2 Å². The molecule has 1 unspecified atom stereocenters. The lowest BCUT2D eigenvalue weighted by atomic mass is 10.1. The van der Waals surface area contributed by atoms with E-state index >= 15 is 0 Å². The topological polar surface area (TPSA) is 84.5 Å². The molecule has 0 bridgehead atoms. The Kier molecular flexibility index (Phi) is 7.66. The standard InChI is InChI=1S/C21H25ClN2O4S/c22-19-11-10-17(21(25)23-12-4-8-16-6-2-1-3-7-16)14-20(19)29(26,27)24-15-18-9-5-13-28-18/h1-3,6-7,10-11,14,18,24H,4-5,8-9,12-13,15H2,(H,23,25). The van der Waals surface area contributed by atoms with E-state index < -0.39 is 10.0 Å². The van der Waals surface area contributed by atoms with Crippen LogP contribution in [0.2, 0.25) is 5.02 Å². The number of carbonyl (C=O) groups is 1. The molecule has 2 aromatic rings. The van der Waals surface area contributed by atoms with Crippen LogP contribution in [-0.2, 0) is 21.2 Å². The molecule has 0 aliphatic carbocycles. The molecular formula is C21H25ClN2O4S. The molecule has 8 heteroatoms. The van der Waals surface area contributed by atoms with Gasteiger partial charge in [0.2, 0.25) is 10.0 Å². The summed E-state index contributed by atoms with van der Waals surface area (Å²) >= 11 is 6.09. The number of carbonyl (C=O) groups excluding carboxylic acids is 1. The number of amides is 1. The van der Waals surface area contributed by atoms with Crippen molar-refractivity contribution in [2.45, 2.75) is 36.7 Å². The van der Waals surface area contributed by atoms with Gasteiger partial charge in [0.1, 0.15) is 4.90 Å². The highest BCUT2D eigenvalue weighted by molar-refractivity contribution is 7.89. The zero-order valence-electron chi connectivity index (χ0n) is 16.1. The Morgan fingerprint density at radius 2 is 1.97 bits per heavy atom. The third-order valence-electron chi connectivity index (χ3n) is 4.78. The number of halogens is 1. The lowest BCUT2D eigenvalue weighted by Gasteiger charge is -2.13. The maximum Gasteiger partial charge on any atom is 0.251 e. The van der Waals surface area contributed by atoms with E-state index in [4.69, 9.17) is 16.3 Å². The van der Waals surface area contributed by atoms with Crippen LogP contribution >= 0.6 is 11.6 Å². The first-order valence-corrected chi connectivity index (χ1v) is 11.5. The Labute approximate surface area is 176 Å². The number of hydrogen-bond acceptors (Lipinski definition) is 4. The summed E-state index contributed by atoms with van der Waals surface area (Å²) in [4.78, 5) is 12.3. The summed E-state index contributed by atoms with van der Waals surface area (Å²) in [5, 5.41) is 2.90. The van der Waals surface area contributed by atoms with Crippen molar-refractivity contribution in [3.63, 3.8) is 0 Å². The van der Waals surface area contributed by atoms with Gasteiger partial charge >= 0.3 is 0 Å². The average molecular weight is 437 g/mol. The predicted molar refractivity (Wildman–Crippen MR) is 113 cm³/mol. The third-order valence-corrected chi connectivity index (χ3v) is 6.68. The first kappa shape index (κ1) is 21.8. The highest BCUT2D eigenvalue weighted by Crippen LogP contribution is 2.23. The van der Waals surface area contributed by atoms with E-state index in [0.717, 1.165) is 25.7 Å². The van der Waals surface area contributed by atoms with E-state index in [1.165, 1.54) is 23.8 Å². The SMILES string of the molecule is O=C(NCCCc1ccccc1)c1ccc(Cl)c(S(=O)(=O)NCC2CCCO2)c1. The van der Waals surface area contributed by atoms with Gasteiger partial charge < -0.3 is 10.1 Å². The summed E-state index contributed by atoms with van der Waals surface area (Å²) < 4.78 is 33.2. The van der Waals surface area contributed by atoms with E-state index in [2.05, 4.69) is 10.0 Å². The average Bonchev–Trinajstić information content (AvgIpc) is 3.24. The Morgan fingerprint density at radius 3 is 2.69 bits per heavy atom. The van der Waals surface area contributed by atoms with Crippen molar-refractivity contribution in [2.75, 3.05) is 19.7 Å². The number of hydrogen-bond donors (Lipinski definition) is 2. The number of rotatable bonds is 9. The summed E-state index contributed by atoms with van der Waals surface area (Å²) in [5.74, 6) is -0.328. The fourth-order valence-electron chi connectivity index (χ4n) is 3.18. The minimum atomic E-state index is -3.84. The maximum absolute atomic E-state index is 12.6. The van der Waals surface area contributed by atoms with Crippen molar-refractivity contribution in [3.05, 3.63) is 64.7 Å². The van der Waals surface area contributed by atoms with E-state index in [1.807, 2.05) is 30.3 Å². The van der Waals surface area contributed by atoms with Crippen molar-refractivity contribution >= 4 is 27.5 Å². The van der Waals surface area contributed by atoms with Gasteiger partial charge in [0.15, 0.2) is 0 Å². The number of benzene rings is 2. The molecule has 0 radical (unpaired) electrons. The van der Waals surface area contributed by atoms with Crippen LogP contribution in [0.5, 0.6) is 0 Å². The Balaban J connectivity index is 1.57. The number of nitrogens with one attached hydrogen (secondary N) is 2. The number of aryl methyl sites for hydroxylation is 1. The van der Waals surface area contributed by atoms with Crippen LogP contribution in [0.4, 0.5) is 0 Å². The maximum atomic E-state index is 12.6. The third kappa shape index (κ3) is 6.27. The Bertz CT molecular complexity index is 929. The number of ether oxygens (including phenoxy) is 1. The summed E-state index contributed by atoms with van der Waals surface area (Å²) in [6, 6.07) is 14.3. The van der Waals surface area contributed by atoms with Crippen molar-refractivity contribution < 1.29 is 17.9 Å². The normalized spacial score (nSPS) is 16.7. The van der Waals surface area contributed by atoms with Gasteiger partial charge in [0.25, 0.3) is 5.91 Å². The monoisotopic (exact) mass is 436 g/mol. The summed E-state index contributed by atoms with van der Waals surface area (Å²) in [6.45, 7) is 1.33. The van der Waals surface area contributed by atoms with Crippen LogP contribution in [0.15, 0.2) is 53.4 Å². The molecule has 1 aliphatic rings. The minimum absolute atomic E-state index is 0.0745. The molecule has 156 valence electrons. The van der Waals surface area contributed by atoms with Gasteiger partial charge in [-0.1, -0.05) is 41.9 Å². The molecule has 0 spiro atoms. The quantitative estimate of drug-likeness (QED) is 0.591. The van der Waals surface area contributed by atoms with Crippen molar-refractivity contribution in [1.29, 1.82) is 0 Å². The zero-order valence-corrected chi connectivity index (χ0v) is 17.6. The van der Waals surface area contributed by atoms with Crippen LogP contribution in [0.3, 0.4) is 0 Å². The van der Waals surface area contributed by atoms with E-state index in [1.54, 1.807) is 0 Å². The van der Waals surface area contributed by atoms with Crippen molar-refractivity contribution in [1.82, 2.24) is 10.0 Å². The van der Waals surface area contributed by atoms with Crippen LogP contribution in [0, 0.1) is 0 Å². The second kappa shape index (κ2) is 10.2. The fraction of sp³-hybridized carbons (Fsp3) is 0.381. The molecule has 1 saturated heterocycles.